The van der Waals surface area contributed by atoms with Crippen LogP contribution in [0.1, 0.15) is 24.3 Å². The molecule has 3 unspecified atom stereocenters. The van der Waals surface area contributed by atoms with E-state index in [4.69, 9.17) is 16.3 Å². The Morgan fingerprint density at radius 2 is 2.24 bits per heavy atom. The zero-order valence-electron chi connectivity index (χ0n) is 9.77. The fourth-order valence-corrected chi connectivity index (χ4v) is 4.31. The average molecular weight is 269 g/mol. The smallest absolute Gasteiger partial charge is 0.0508 e. The summed E-state index contributed by atoms with van der Waals surface area (Å²) in [6.45, 7) is 1.68. The summed E-state index contributed by atoms with van der Waals surface area (Å²) >= 11 is 8.38. The Kier molecular flexibility index (Phi) is 3.64. The molecule has 17 heavy (non-hydrogen) atoms. The molecule has 3 heteroatoms. The average Bonchev–Trinajstić information content (AvgIpc) is 2.76. The number of hydrogen-bond acceptors (Lipinski definition) is 2. The van der Waals surface area contributed by atoms with Gasteiger partial charge < -0.3 is 4.74 Å². The maximum atomic E-state index is 6.40. The van der Waals surface area contributed by atoms with E-state index in [-0.39, 0.29) is 0 Å². The minimum atomic E-state index is 0.307. The summed E-state index contributed by atoms with van der Waals surface area (Å²) in [5.41, 5.74) is 1.52. The predicted octanol–water partition coefficient (Wildman–Crippen LogP) is 3.91. The van der Waals surface area contributed by atoms with Crippen LogP contribution in [-0.2, 0) is 4.74 Å². The maximum Gasteiger partial charge on any atom is 0.0508 e. The molecule has 0 aliphatic carbocycles. The van der Waals surface area contributed by atoms with E-state index in [0.717, 1.165) is 19.6 Å². The third kappa shape index (κ3) is 2.49. The monoisotopic (exact) mass is 268 g/mol. The fraction of sp³-hybridized carbons (Fsp3) is 0.571. The molecule has 0 radical (unpaired) electrons. The van der Waals surface area contributed by atoms with Gasteiger partial charge >= 0.3 is 0 Å². The highest BCUT2D eigenvalue weighted by molar-refractivity contribution is 7.99. The van der Waals surface area contributed by atoms with E-state index in [1.807, 2.05) is 11.8 Å². The van der Waals surface area contributed by atoms with Crippen molar-refractivity contribution < 1.29 is 4.74 Å². The lowest BCUT2D eigenvalue weighted by atomic mass is 9.87. The molecule has 0 saturated carbocycles. The van der Waals surface area contributed by atoms with Crippen LogP contribution in [-0.4, -0.2) is 24.3 Å². The van der Waals surface area contributed by atoms with E-state index in [1.54, 1.807) is 0 Å². The first kappa shape index (κ1) is 11.9. The lowest BCUT2D eigenvalue weighted by molar-refractivity contribution is 0.0525. The van der Waals surface area contributed by atoms with Crippen LogP contribution >= 0.6 is 23.4 Å². The number of alkyl halides is 1. The Balaban J connectivity index is 1.70. The Morgan fingerprint density at radius 3 is 3.12 bits per heavy atom. The minimum Gasteiger partial charge on any atom is -0.381 e. The number of fused-ring (bicyclic) bond motifs is 1. The van der Waals surface area contributed by atoms with Crippen molar-refractivity contribution in [1.29, 1.82) is 0 Å². The van der Waals surface area contributed by atoms with Gasteiger partial charge in [0, 0.05) is 22.6 Å². The Bertz CT molecular complexity index is 396. The van der Waals surface area contributed by atoms with Crippen LogP contribution in [0.5, 0.6) is 0 Å². The van der Waals surface area contributed by atoms with Gasteiger partial charge in [-0.2, -0.15) is 0 Å². The van der Waals surface area contributed by atoms with E-state index < -0.39 is 0 Å². The fourth-order valence-electron chi connectivity index (χ4n) is 2.78. The summed E-state index contributed by atoms with van der Waals surface area (Å²) in [6.07, 6.45) is 2.19. The number of halogens is 1. The molecule has 2 aliphatic heterocycles. The summed E-state index contributed by atoms with van der Waals surface area (Å²) in [5, 5.41) is 0.307. The minimum absolute atomic E-state index is 0.307. The van der Waals surface area contributed by atoms with Gasteiger partial charge in [0.2, 0.25) is 0 Å². The van der Waals surface area contributed by atoms with Gasteiger partial charge in [-0.25, -0.2) is 0 Å². The van der Waals surface area contributed by atoms with Crippen LogP contribution in [0.2, 0.25) is 0 Å². The molecule has 1 nitrogen and oxygen atoms in total. The van der Waals surface area contributed by atoms with Crippen LogP contribution in [0, 0.1) is 5.92 Å². The third-order valence-corrected chi connectivity index (χ3v) is 5.59. The number of rotatable bonds is 2. The van der Waals surface area contributed by atoms with Gasteiger partial charge in [-0.15, -0.1) is 23.4 Å². The molecule has 3 rings (SSSR count). The summed E-state index contributed by atoms with van der Waals surface area (Å²) in [7, 11) is 0. The molecule has 1 aromatic carbocycles. The second-order valence-corrected chi connectivity index (χ2v) is 6.54. The lowest BCUT2D eigenvalue weighted by Crippen LogP contribution is -2.29. The van der Waals surface area contributed by atoms with Crippen molar-refractivity contribution in [2.45, 2.75) is 29.0 Å². The van der Waals surface area contributed by atoms with Gasteiger partial charge in [0.25, 0.3) is 0 Å². The summed E-state index contributed by atoms with van der Waals surface area (Å²) in [4.78, 5) is 1.46. The lowest BCUT2D eigenvalue weighted by Gasteiger charge is -2.29. The molecule has 2 aliphatic rings. The molecule has 0 spiro atoms. The number of hydrogen-bond donors (Lipinski definition) is 0. The summed E-state index contributed by atoms with van der Waals surface area (Å²) in [5.74, 6) is 2.41. The first-order valence-corrected chi connectivity index (χ1v) is 7.70. The van der Waals surface area contributed by atoms with Crippen LogP contribution in [0.25, 0.3) is 0 Å². The van der Waals surface area contributed by atoms with Crippen molar-refractivity contribution in [3.63, 3.8) is 0 Å². The SMILES string of the molecule is ClC1CCOCC1CC1CSc2ccccc21. The van der Waals surface area contributed by atoms with Crippen LogP contribution < -0.4 is 0 Å². The molecule has 1 saturated heterocycles. The van der Waals surface area contributed by atoms with E-state index in [2.05, 4.69) is 24.3 Å². The molecule has 0 bridgehead atoms. The Morgan fingerprint density at radius 1 is 1.35 bits per heavy atom. The van der Waals surface area contributed by atoms with Crippen molar-refractivity contribution in [3.05, 3.63) is 29.8 Å². The number of benzene rings is 1. The molecule has 1 fully saturated rings. The number of thioether (sulfide) groups is 1. The van der Waals surface area contributed by atoms with Crippen LogP contribution in [0.4, 0.5) is 0 Å². The molecule has 1 aromatic rings. The first-order chi connectivity index (χ1) is 8.34. The quantitative estimate of drug-likeness (QED) is 0.752. The molecule has 92 valence electrons. The number of ether oxygens (including phenoxy) is 1. The highest BCUT2D eigenvalue weighted by atomic mass is 35.5. The highest BCUT2D eigenvalue weighted by Gasteiger charge is 2.30. The van der Waals surface area contributed by atoms with Gasteiger partial charge in [-0.3, -0.25) is 0 Å². The van der Waals surface area contributed by atoms with Crippen molar-refractivity contribution in [1.82, 2.24) is 0 Å². The van der Waals surface area contributed by atoms with Crippen molar-refractivity contribution in [2.75, 3.05) is 19.0 Å². The van der Waals surface area contributed by atoms with Crippen LogP contribution in [0.15, 0.2) is 29.2 Å². The van der Waals surface area contributed by atoms with Gasteiger partial charge in [-0.05, 0) is 36.3 Å². The largest absolute Gasteiger partial charge is 0.381 e. The maximum absolute atomic E-state index is 6.40. The van der Waals surface area contributed by atoms with E-state index in [0.29, 0.717) is 17.2 Å². The zero-order valence-corrected chi connectivity index (χ0v) is 11.3. The summed E-state index contributed by atoms with van der Waals surface area (Å²) in [6, 6.07) is 8.78. The van der Waals surface area contributed by atoms with Gasteiger partial charge in [0.15, 0.2) is 0 Å². The third-order valence-electron chi connectivity index (χ3n) is 3.77. The van der Waals surface area contributed by atoms with Gasteiger partial charge in [-0.1, -0.05) is 18.2 Å². The molecule has 0 N–H and O–H groups in total. The predicted molar refractivity (Wildman–Crippen MR) is 73.1 cm³/mol. The van der Waals surface area contributed by atoms with Crippen LogP contribution in [0.3, 0.4) is 0 Å². The molecule has 3 atom stereocenters. The van der Waals surface area contributed by atoms with Gasteiger partial charge in [0.1, 0.15) is 0 Å². The highest BCUT2D eigenvalue weighted by Crippen LogP contribution is 2.43. The van der Waals surface area contributed by atoms with E-state index in [1.165, 1.54) is 22.6 Å². The van der Waals surface area contributed by atoms with E-state index in [9.17, 15) is 0 Å². The topological polar surface area (TPSA) is 9.23 Å². The zero-order chi connectivity index (χ0) is 11.7. The molecule has 2 heterocycles. The van der Waals surface area contributed by atoms with Crippen molar-refractivity contribution >= 4 is 23.4 Å². The molecular weight excluding hydrogens is 252 g/mol. The van der Waals surface area contributed by atoms with E-state index >= 15 is 0 Å². The normalized spacial score (nSPS) is 32.4. The Hall–Kier alpha value is -0.180. The second-order valence-electron chi connectivity index (χ2n) is 4.92. The van der Waals surface area contributed by atoms with Crippen molar-refractivity contribution in [3.8, 4) is 0 Å². The Labute approximate surface area is 112 Å². The van der Waals surface area contributed by atoms with Gasteiger partial charge in [0.05, 0.1) is 6.61 Å². The standard InChI is InChI=1S/C14H17ClOS/c15-13-5-6-16-8-10(13)7-11-9-17-14-4-2-1-3-12(11)14/h1-4,10-11,13H,5-9H2. The van der Waals surface area contributed by atoms with Crippen molar-refractivity contribution in [2.24, 2.45) is 5.92 Å². The molecule has 0 aromatic heterocycles. The first-order valence-electron chi connectivity index (χ1n) is 6.28. The summed E-state index contributed by atoms with van der Waals surface area (Å²) < 4.78 is 5.56. The second kappa shape index (κ2) is 5.21. The molecular formula is C14H17ClOS. The molecule has 0 amide bonds.